The molecule has 2 aromatic heterocycles. The SMILES string of the molecule is c1ccc(-c2ccc(N(c3ccc(-c4ccccc4)cc3)c3cccc(-n4c5ccccc5c5ccc6c7ccccc7nc(-c7ccccc7)c6c54)c3)cc2)cc1. The van der Waals surface area contributed by atoms with Crippen molar-refractivity contribution in [1.29, 1.82) is 0 Å². The van der Waals surface area contributed by atoms with E-state index in [1.54, 1.807) is 0 Å². The fraction of sp³-hybridized carbons (Fsp3) is 0. The fourth-order valence-electron chi connectivity index (χ4n) is 8.66. The Hall–Kier alpha value is -7.75. The van der Waals surface area contributed by atoms with Crippen LogP contribution < -0.4 is 4.90 Å². The number of benzene rings is 9. The molecule has 0 saturated heterocycles. The Balaban J connectivity index is 1.15. The zero-order valence-electron chi connectivity index (χ0n) is 31.7. The van der Waals surface area contributed by atoms with Crippen LogP contribution in [0.25, 0.3) is 82.7 Å². The summed E-state index contributed by atoms with van der Waals surface area (Å²) in [5.74, 6) is 0. The highest BCUT2D eigenvalue weighted by Gasteiger charge is 2.21. The van der Waals surface area contributed by atoms with E-state index >= 15 is 0 Å². The topological polar surface area (TPSA) is 21.1 Å². The molecule has 0 radical (unpaired) electrons. The van der Waals surface area contributed by atoms with E-state index in [1.165, 1.54) is 38.4 Å². The number of anilines is 3. The molecule has 0 atom stereocenters. The largest absolute Gasteiger partial charge is 0.310 e. The van der Waals surface area contributed by atoms with Gasteiger partial charge in [-0.15, -0.1) is 0 Å². The van der Waals surface area contributed by atoms with Gasteiger partial charge in [-0.2, -0.15) is 0 Å². The van der Waals surface area contributed by atoms with Crippen LogP contribution in [0.4, 0.5) is 17.1 Å². The molecule has 2 heterocycles. The lowest BCUT2D eigenvalue weighted by atomic mass is 9.97. The quantitative estimate of drug-likeness (QED) is 0.152. The molecule has 0 amide bonds. The van der Waals surface area contributed by atoms with Crippen molar-refractivity contribution in [2.75, 3.05) is 4.90 Å². The van der Waals surface area contributed by atoms with Crippen LogP contribution in [0.5, 0.6) is 0 Å². The molecular weight excluding hydrogens is 703 g/mol. The Labute approximate surface area is 337 Å². The first kappa shape index (κ1) is 33.6. The van der Waals surface area contributed by atoms with E-state index < -0.39 is 0 Å². The summed E-state index contributed by atoms with van der Waals surface area (Å²) in [5.41, 5.74) is 14.5. The van der Waals surface area contributed by atoms with Crippen molar-refractivity contribution in [3.8, 4) is 39.2 Å². The summed E-state index contributed by atoms with van der Waals surface area (Å²) >= 11 is 0. The molecule has 9 aromatic carbocycles. The second-order valence-electron chi connectivity index (χ2n) is 14.8. The summed E-state index contributed by atoms with van der Waals surface area (Å²) in [5, 5.41) is 5.90. The van der Waals surface area contributed by atoms with Crippen LogP contribution in [-0.4, -0.2) is 9.55 Å². The zero-order chi connectivity index (χ0) is 38.4. The molecule has 11 rings (SSSR count). The van der Waals surface area contributed by atoms with E-state index in [-0.39, 0.29) is 0 Å². The van der Waals surface area contributed by atoms with Gasteiger partial charge in [-0.25, -0.2) is 4.98 Å². The number of hydrogen-bond acceptors (Lipinski definition) is 2. The number of rotatable bonds is 7. The standard InChI is InChI=1S/C55H37N3/c1-4-15-38(16-5-1)40-27-31-43(32-28-40)57(44-33-29-41(30-34-44)39-17-6-2-7-18-39)45-21-14-22-46(37-45)58-52-26-13-11-24-48(52)50-36-35-49-47-23-10-12-25-51(47)56-54(53(49)55(50)58)42-19-8-3-9-20-42/h1-37H. The molecule has 0 unspecified atom stereocenters. The number of fused-ring (bicyclic) bond motifs is 7. The minimum atomic E-state index is 0.985. The molecule has 0 bridgehead atoms. The average Bonchev–Trinajstić information content (AvgIpc) is 3.65. The molecule has 0 spiro atoms. The van der Waals surface area contributed by atoms with Gasteiger partial charge in [0, 0.05) is 49.9 Å². The first-order valence-corrected chi connectivity index (χ1v) is 19.8. The number of pyridine rings is 1. The van der Waals surface area contributed by atoms with E-state index in [0.717, 1.165) is 61.3 Å². The van der Waals surface area contributed by atoms with Gasteiger partial charge >= 0.3 is 0 Å². The molecule has 0 aliphatic carbocycles. The predicted octanol–water partition coefficient (Wildman–Crippen LogP) is 15.0. The van der Waals surface area contributed by atoms with Crippen LogP contribution >= 0.6 is 0 Å². The molecule has 0 saturated carbocycles. The third-order valence-corrected chi connectivity index (χ3v) is 11.4. The van der Waals surface area contributed by atoms with Crippen molar-refractivity contribution >= 4 is 60.5 Å². The minimum Gasteiger partial charge on any atom is -0.310 e. The number of aromatic nitrogens is 2. The normalized spacial score (nSPS) is 11.4. The van der Waals surface area contributed by atoms with Crippen LogP contribution in [0.15, 0.2) is 224 Å². The smallest absolute Gasteiger partial charge is 0.0809 e. The molecule has 3 nitrogen and oxygen atoms in total. The second-order valence-corrected chi connectivity index (χ2v) is 14.8. The van der Waals surface area contributed by atoms with Crippen LogP contribution in [-0.2, 0) is 0 Å². The summed E-state index contributed by atoms with van der Waals surface area (Å²) in [7, 11) is 0. The van der Waals surface area contributed by atoms with Gasteiger partial charge in [-0.1, -0.05) is 170 Å². The first-order chi connectivity index (χ1) is 28.8. The third kappa shape index (κ3) is 5.72. The predicted molar refractivity (Wildman–Crippen MR) is 245 cm³/mol. The number of hydrogen-bond donors (Lipinski definition) is 0. The van der Waals surface area contributed by atoms with Crippen molar-refractivity contribution < 1.29 is 0 Å². The van der Waals surface area contributed by atoms with Gasteiger partial charge in [-0.3, -0.25) is 0 Å². The fourth-order valence-corrected chi connectivity index (χ4v) is 8.66. The maximum Gasteiger partial charge on any atom is 0.0809 e. The Kier molecular flexibility index (Phi) is 8.15. The monoisotopic (exact) mass is 739 g/mol. The van der Waals surface area contributed by atoms with Gasteiger partial charge in [0.05, 0.1) is 22.2 Å². The highest BCUT2D eigenvalue weighted by Crippen LogP contribution is 2.44. The molecule has 0 fully saturated rings. The van der Waals surface area contributed by atoms with Crippen LogP contribution in [0.3, 0.4) is 0 Å². The lowest BCUT2D eigenvalue weighted by Gasteiger charge is -2.27. The van der Waals surface area contributed by atoms with Crippen LogP contribution in [0, 0.1) is 0 Å². The van der Waals surface area contributed by atoms with Crippen molar-refractivity contribution in [2.24, 2.45) is 0 Å². The zero-order valence-corrected chi connectivity index (χ0v) is 31.7. The molecule has 0 aliphatic rings. The summed E-state index contributed by atoms with van der Waals surface area (Å²) in [6.45, 7) is 0. The summed E-state index contributed by atoms with van der Waals surface area (Å²) in [6.07, 6.45) is 0. The second kappa shape index (κ2) is 14.1. The number of para-hydroxylation sites is 2. The van der Waals surface area contributed by atoms with Gasteiger partial charge in [0.1, 0.15) is 0 Å². The van der Waals surface area contributed by atoms with Gasteiger partial charge in [0.15, 0.2) is 0 Å². The Morgan fingerprint density at radius 3 is 1.50 bits per heavy atom. The Morgan fingerprint density at radius 2 is 0.862 bits per heavy atom. The Morgan fingerprint density at radius 1 is 0.345 bits per heavy atom. The van der Waals surface area contributed by atoms with Crippen molar-refractivity contribution in [3.63, 3.8) is 0 Å². The molecule has 58 heavy (non-hydrogen) atoms. The third-order valence-electron chi connectivity index (χ3n) is 11.4. The van der Waals surface area contributed by atoms with E-state index in [2.05, 4.69) is 234 Å². The first-order valence-electron chi connectivity index (χ1n) is 19.8. The highest BCUT2D eigenvalue weighted by atomic mass is 15.1. The maximum atomic E-state index is 5.39. The van der Waals surface area contributed by atoms with Gasteiger partial charge in [0.2, 0.25) is 0 Å². The average molecular weight is 740 g/mol. The van der Waals surface area contributed by atoms with Crippen molar-refractivity contribution in [2.45, 2.75) is 0 Å². The molecular formula is C55H37N3. The molecule has 11 aromatic rings. The Bertz CT molecular complexity index is 3160. The van der Waals surface area contributed by atoms with E-state index in [4.69, 9.17) is 4.98 Å². The van der Waals surface area contributed by atoms with Crippen LogP contribution in [0.2, 0.25) is 0 Å². The summed E-state index contributed by atoms with van der Waals surface area (Å²) < 4.78 is 2.45. The van der Waals surface area contributed by atoms with E-state index in [9.17, 15) is 0 Å². The van der Waals surface area contributed by atoms with Crippen molar-refractivity contribution in [1.82, 2.24) is 9.55 Å². The van der Waals surface area contributed by atoms with E-state index in [0.29, 0.717) is 0 Å². The maximum absolute atomic E-state index is 5.39. The number of nitrogens with zero attached hydrogens (tertiary/aromatic N) is 3. The summed E-state index contributed by atoms with van der Waals surface area (Å²) in [4.78, 5) is 7.75. The van der Waals surface area contributed by atoms with Gasteiger partial charge in [0.25, 0.3) is 0 Å². The molecule has 0 aliphatic heterocycles. The van der Waals surface area contributed by atoms with Gasteiger partial charge in [-0.05, 0) is 82.2 Å². The van der Waals surface area contributed by atoms with E-state index in [1.807, 2.05) is 0 Å². The van der Waals surface area contributed by atoms with Gasteiger partial charge < -0.3 is 9.47 Å². The lowest BCUT2D eigenvalue weighted by Crippen LogP contribution is -2.10. The minimum absolute atomic E-state index is 0.985. The molecule has 272 valence electrons. The van der Waals surface area contributed by atoms with Crippen molar-refractivity contribution in [3.05, 3.63) is 224 Å². The molecule has 3 heteroatoms. The molecule has 0 N–H and O–H groups in total. The summed E-state index contributed by atoms with van der Waals surface area (Å²) in [6, 6.07) is 80.4. The lowest BCUT2D eigenvalue weighted by molar-refractivity contribution is 1.17. The van der Waals surface area contributed by atoms with Crippen LogP contribution in [0.1, 0.15) is 0 Å². The highest BCUT2D eigenvalue weighted by molar-refractivity contribution is 6.25.